The van der Waals surface area contributed by atoms with Gasteiger partial charge in [-0.2, -0.15) is 0 Å². The summed E-state index contributed by atoms with van der Waals surface area (Å²) in [5.41, 5.74) is 2.60. The number of carbonyl (C=O) groups excluding carboxylic acids is 1. The summed E-state index contributed by atoms with van der Waals surface area (Å²) in [7, 11) is 4.64. The normalized spacial score (nSPS) is 11.0. The number of nitrogens with one attached hydrogen (secondary N) is 1. The number of rotatable bonds is 7. The molecule has 1 amide bonds. The molecule has 5 nitrogen and oxygen atoms in total. The first-order valence-electron chi connectivity index (χ1n) is 9.19. The number of amides is 1. The monoisotopic (exact) mass is 423 g/mol. The van der Waals surface area contributed by atoms with Gasteiger partial charge in [-0.05, 0) is 29.3 Å². The molecule has 154 valence electrons. The Morgan fingerprint density at radius 1 is 0.867 bits per heavy atom. The van der Waals surface area contributed by atoms with E-state index in [1.807, 2.05) is 60.7 Å². The molecule has 3 aromatic rings. The Morgan fingerprint density at radius 2 is 1.53 bits per heavy atom. The summed E-state index contributed by atoms with van der Waals surface area (Å²) in [5.74, 6) is 1.33. The zero-order chi connectivity index (χ0) is 21.5. The van der Waals surface area contributed by atoms with Crippen molar-refractivity contribution in [1.29, 1.82) is 0 Å². The van der Waals surface area contributed by atoms with E-state index < -0.39 is 0 Å². The predicted molar refractivity (Wildman–Crippen MR) is 120 cm³/mol. The molecule has 0 heterocycles. The molecule has 0 atom stereocenters. The number of hydrogen-bond acceptors (Lipinski definition) is 4. The van der Waals surface area contributed by atoms with Crippen LogP contribution in [0.4, 0.5) is 5.69 Å². The number of hydrogen-bond donors (Lipinski definition) is 1. The van der Waals surface area contributed by atoms with Gasteiger partial charge in [0.05, 0.1) is 32.0 Å². The maximum atomic E-state index is 13.3. The highest BCUT2D eigenvalue weighted by Crippen LogP contribution is 2.36. The third-order valence-corrected chi connectivity index (χ3v) is 4.77. The molecular weight excluding hydrogens is 402 g/mol. The third kappa shape index (κ3) is 4.93. The first kappa shape index (κ1) is 21.3. The van der Waals surface area contributed by atoms with Crippen molar-refractivity contribution in [2.24, 2.45) is 0 Å². The highest BCUT2D eigenvalue weighted by molar-refractivity contribution is 6.33. The van der Waals surface area contributed by atoms with Gasteiger partial charge in [-0.1, -0.05) is 54.1 Å². The fourth-order valence-corrected chi connectivity index (χ4v) is 3.14. The fraction of sp³-hybridized carbons (Fsp3) is 0.125. The lowest BCUT2D eigenvalue weighted by atomic mass is 10.0. The number of anilines is 1. The molecule has 0 radical (unpaired) electrons. The van der Waals surface area contributed by atoms with Gasteiger partial charge in [0, 0.05) is 17.7 Å². The minimum atomic E-state index is -0.292. The van der Waals surface area contributed by atoms with Crippen LogP contribution in [-0.4, -0.2) is 27.2 Å². The van der Waals surface area contributed by atoms with Gasteiger partial charge in [0.2, 0.25) is 0 Å². The summed E-state index contributed by atoms with van der Waals surface area (Å²) in [6.45, 7) is 0. The van der Waals surface area contributed by atoms with E-state index in [0.717, 1.165) is 16.9 Å². The SMILES string of the molecule is COc1ccc(/C=C(/C(=O)Nc2cc(OC)c(Cl)cc2OC)c2ccccc2)cc1. The van der Waals surface area contributed by atoms with Gasteiger partial charge in [-0.15, -0.1) is 0 Å². The molecule has 0 aliphatic heterocycles. The summed E-state index contributed by atoms with van der Waals surface area (Å²) in [6.07, 6.45) is 1.82. The summed E-state index contributed by atoms with van der Waals surface area (Å²) < 4.78 is 15.8. The Morgan fingerprint density at radius 3 is 2.13 bits per heavy atom. The van der Waals surface area contributed by atoms with Gasteiger partial charge >= 0.3 is 0 Å². The second kappa shape index (κ2) is 9.85. The van der Waals surface area contributed by atoms with Crippen molar-refractivity contribution in [3.05, 3.63) is 82.9 Å². The van der Waals surface area contributed by atoms with Crippen molar-refractivity contribution in [3.8, 4) is 17.2 Å². The molecule has 3 rings (SSSR count). The Kier molecular flexibility index (Phi) is 6.99. The largest absolute Gasteiger partial charge is 0.497 e. The van der Waals surface area contributed by atoms with Crippen LogP contribution in [0.2, 0.25) is 5.02 Å². The standard InChI is InChI=1S/C24H22ClNO4/c1-28-18-11-9-16(10-12-18)13-19(17-7-5-4-6-8-17)24(27)26-21-15-22(29-2)20(25)14-23(21)30-3/h4-15H,1-3H3,(H,26,27)/b19-13+. The highest BCUT2D eigenvalue weighted by Gasteiger charge is 2.17. The van der Waals surface area contributed by atoms with Crippen LogP contribution in [0.1, 0.15) is 11.1 Å². The second-order valence-electron chi connectivity index (χ2n) is 6.34. The summed E-state index contributed by atoms with van der Waals surface area (Å²) in [6, 6.07) is 20.1. The zero-order valence-corrected chi connectivity index (χ0v) is 17.7. The molecule has 0 aliphatic carbocycles. The van der Waals surface area contributed by atoms with Crippen LogP contribution in [0.5, 0.6) is 17.2 Å². The van der Waals surface area contributed by atoms with E-state index in [1.165, 1.54) is 14.2 Å². The Hall–Kier alpha value is -3.44. The number of halogens is 1. The third-order valence-electron chi connectivity index (χ3n) is 4.48. The lowest BCUT2D eigenvalue weighted by Gasteiger charge is -2.15. The summed E-state index contributed by atoms with van der Waals surface area (Å²) in [4.78, 5) is 13.3. The molecule has 0 aromatic heterocycles. The van der Waals surface area contributed by atoms with E-state index >= 15 is 0 Å². The van der Waals surface area contributed by atoms with Crippen molar-refractivity contribution in [3.63, 3.8) is 0 Å². The maximum absolute atomic E-state index is 13.3. The Balaban J connectivity index is 2.00. The van der Waals surface area contributed by atoms with Gasteiger partial charge in [-0.3, -0.25) is 4.79 Å². The quantitative estimate of drug-likeness (QED) is 0.400. The first-order valence-corrected chi connectivity index (χ1v) is 9.57. The molecule has 0 unspecified atom stereocenters. The van der Waals surface area contributed by atoms with Crippen LogP contribution in [-0.2, 0) is 4.79 Å². The molecule has 0 fully saturated rings. The summed E-state index contributed by atoms with van der Waals surface area (Å²) >= 11 is 6.17. The Labute approximate surface area is 180 Å². The number of benzene rings is 3. The lowest BCUT2D eigenvalue weighted by Crippen LogP contribution is -2.14. The van der Waals surface area contributed by atoms with Gasteiger partial charge in [0.25, 0.3) is 5.91 Å². The molecule has 30 heavy (non-hydrogen) atoms. The van der Waals surface area contributed by atoms with Crippen LogP contribution in [0.3, 0.4) is 0 Å². The van der Waals surface area contributed by atoms with E-state index in [9.17, 15) is 4.79 Å². The van der Waals surface area contributed by atoms with Crippen LogP contribution in [0, 0.1) is 0 Å². The average Bonchev–Trinajstić information content (AvgIpc) is 2.79. The number of ether oxygens (including phenoxy) is 3. The first-order chi connectivity index (χ1) is 14.5. The van der Waals surface area contributed by atoms with Gasteiger partial charge < -0.3 is 19.5 Å². The fourth-order valence-electron chi connectivity index (χ4n) is 2.91. The van der Waals surface area contributed by atoms with Gasteiger partial charge in [0.1, 0.15) is 17.2 Å². The molecule has 0 saturated carbocycles. The van der Waals surface area contributed by atoms with E-state index in [4.69, 9.17) is 25.8 Å². The maximum Gasteiger partial charge on any atom is 0.256 e. The van der Waals surface area contributed by atoms with Crippen LogP contribution < -0.4 is 19.5 Å². The van der Waals surface area contributed by atoms with Gasteiger partial charge in [-0.25, -0.2) is 0 Å². The number of carbonyl (C=O) groups is 1. The van der Waals surface area contributed by atoms with Crippen molar-refractivity contribution in [1.82, 2.24) is 0 Å². The van der Waals surface area contributed by atoms with Crippen LogP contribution >= 0.6 is 11.6 Å². The second-order valence-corrected chi connectivity index (χ2v) is 6.75. The molecular formula is C24H22ClNO4. The van der Waals surface area contributed by atoms with E-state index in [2.05, 4.69) is 5.32 Å². The highest BCUT2D eigenvalue weighted by atomic mass is 35.5. The Bertz CT molecular complexity index is 1050. The van der Waals surface area contributed by atoms with Gasteiger partial charge in [0.15, 0.2) is 0 Å². The molecule has 0 saturated heterocycles. The predicted octanol–water partition coefficient (Wildman–Crippen LogP) is 5.55. The minimum Gasteiger partial charge on any atom is -0.497 e. The topological polar surface area (TPSA) is 56.8 Å². The molecule has 0 spiro atoms. The zero-order valence-electron chi connectivity index (χ0n) is 16.9. The minimum absolute atomic E-state index is 0.292. The van der Waals surface area contributed by atoms with Crippen LogP contribution in [0.15, 0.2) is 66.7 Å². The van der Waals surface area contributed by atoms with E-state index in [1.54, 1.807) is 19.2 Å². The molecule has 0 aliphatic rings. The average molecular weight is 424 g/mol. The smallest absolute Gasteiger partial charge is 0.256 e. The van der Waals surface area contributed by atoms with Crippen molar-refractivity contribution >= 4 is 34.8 Å². The van der Waals surface area contributed by atoms with Crippen molar-refractivity contribution < 1.29 is 19.0 Å². The van der Waals surface area contributed by atoms with Crippen molar-refractivity contribution in [2.75, 3.05) is 26.6 Å². The molecule has 3 aromatic carbocycles. The molecule has 0 bridgehead atoms. The molecule has 6 heteroatoms. The molecule has 1 N–H and O–H groups in total. The van der Waals surface area contributed by atoms with E-state index in [0.29, 0.717) is 27.8 Å². The van der Waals surface area contributed by atoms with Crippen LogP contribution in [0.25, 0.3) is 11.6 Å². The van der Waals surface area contributed by atoms with Crippen molar-refractivity contribution in [2.45, 2.75) is 0 Å². The van der Waals surface area contributed by atoms with E-state index in [-0.39, 0.29) is 5.91 Å². The lowest BCUT2D eigenvalue weighted by molar-refractivity contribution is -0.111. The number of methoxy groups -OCH3 is 3. The summed E-state index contributed by atoms with van der Waals surface area (Å²) in [5, 5.41) is 3.30.